The normalized spacial score (nSPS) is 10.0. The minimum atomic E-state index is 0.354. The van der Waals surface area contributed by atoms with Crippen LogP contribution in [0.4, 0.5) is 0 Å². The van der Waals surface area contributed by atoms with Gasteiger partial charge in [0.05, 0.1) is 4.47 Å². The molecule has 0 aliphatic carbocycles. The molecule has 0 aliphatic heterocycles. The van der Waals surface area contributed by atoms with Gasteiger partial charge in [-0.2, -0.15) is 0 Å². The van der Waals surface area contributed by atoms with Crippen molar-refractivity contribution in [3.05, 3.63) is 46.7 Å². The molecular weight excluding hydrogens is 256 g/mol. The average molecular weight is 265 g/mol. The largest absolute Gasteiger partial charge is 0.424 e. The van der Waals surface area contributed by atoms with Gasteiger partial charge in [0.25, 0.3) is 0 Å². The summed E-state index contributed by atoms with van der Waals surface area (Å²) in [6, 6.07) is 8.10. The van der Waals surface area contributed by atoms with Gasteiger partial charge in [0.2, 0.25) is 0 Å². The fourth-order valence-electron chi connectivity index (χ4n) is 1.12. The Kier molecular flexibility index (Phi) is 2.97. The topological polar surface area (TPSA) is 35.0 Å². The number of ether oxygens (including phenoxy) is 1. The van der Waals surface area contributed by atoms with Crippen molar-refractivity contribution in [3.8, 4) is 11.8 Å². The van der Waals surface area contributed by atoms with E-state index in [-0.39, 0.29) is 0 Å². The summed E-state index contributed by atoms with van der Waals surface area (Å²) in [4.78, 5) is 8.07. The molecule has 0 unspecified atom stereocenters. The molecular formula is C11H9BrN2O. The van der Waals surface area contributed by atoms with Crippen LogP contribution in [0.3, 0.4) is 0 Å². The van der Waals surface area contributed by atoms with Crippen LogP contribution in [0.2, 0.25) is 0 Å². The van der Waals surface area contributed by atoms with Crippen molar-refractivity contribution in [2.75, 3.05) is 0 Å². The summed E-state index contributed by atoms with van der Waals surface area (Å²) in [6.45, 7) is 1.98. The Balaban J connectivity index is 2.22. The second kappa shape index (κ2) is 4.40. The number of aromatic nitrogens is 2. The van der Waals surface area contributed by atoms with Crippen LogP contribution in [0.1, 0.15) is 5.56 Å². The molecule has 0 aliphatic rings. The minimum Gasteiger partial charge on any atom is -0.424 e. The molecule has 2 rings (SSSR count). The van der Waals surface area contributed by atoms with Crippen LogP contribution in [-0.2, 0) is 0 Å². The fourth-order valence-corrected chi connectivity index (χ4v) is 1.33. The lowest BCUT2D eigenvalue weighted by Gasteiger charge is -2.05. The standard InChI is InChI=1S/C11H9BrN2O/c1-8-4-2-3-5-10(8)15-11-13-6-9(12)7-14-11/h2-7H,1H3. The summed E-state index contributed by atoms with van der Waals surface area (Å²) in [7, 11) is 0. The zero-order valence-corrected chi connectivity index (χ0v) is 9.73. The van der Waals surface area contributed by atoms with Gasteiger partial charge in [-0.1, -0.05) is 18.2 Å². The van der Waals surface area contributed by atoms with Crippen LogP contribution in [0.5, 0.6) is 11.8 Å². The lowest BCUT2D eigenvalue weighted by molar-refractivity contribution is 0.438. The summed E-state index contributed by atoms with van der Waals surface area (Å²) < 4.78 is 6.35. The highest BCUT2D eigenvalue weighted by Crippen LogP contribution is 2.21. The molecule has 0 amide bonds. The van der Waals surface area contributed by atoms with Gasteiger partial charge in [-0.3, -0.25) is 0 Å². The summed E-state index contributed by atoms with van der Waals surface area (Å²) >= 11 is 3.26. The molecule has 15 heavy (non-hydrogen) atoms. The number of nitrogens with zero attached hydrogens (tertiary/aromatic N) is 2. The lowest BCUT2D eigenvalue weighted by Crippen LogP contribution is -1.92. The third-order valence-electron chi connectivity index (χ3n) is 1.89. The number of hydrogen-bond donors (Lipinski definition) is 0. The first kappa shape index (κ1) is 10.1. The van der Waals surface area contributed by atoms with Crippen molar-refractivity contribution in [2.45, 2.75) is 6.92 Å². The zero-order valence-electron chi connectivity index (χ0n) is 8.14. The molecule has 2 aromatic rings. The monoisotopic (exact) mass is 264 g/mol. The zero-order chi connectivity index (χ0) is 10.7. The quantitative estimate of drug-likeness (QED) is 0.835. The fraction of sp³-hybridized carbons (Fsp3) is 0.0909. The second-order valence-corrected chi connectivity index (χ2v) is 3.97. The highest BCUT2D eigenvalue weighted by atomic mass is 79.9. The van der Waals surface area contributed by atoms with Gasteiger partial charge >= 0.3 is 6.01 Å². The SMILES string of the molecule is Cc1ccccc1Oc1ncc(Br)cn1. The molecule has 0 atom stereocenters. The Labute approximate surface area is 96.3 Å². The van der Waals surface area contributed by atoms with Gasteiger partial charge in [-0.25, -0.2) is 9.97 Å². The number of rotatable bonds is 2. The molecule has 3 nitrogen and oxygen atoms in total. The Bertz CT molecular complexity index is 456. The number of para-hydroxylation sites is 1. The van der Waals surface area contributed by atoms with E-state index in [9.17, 15) is 0 Å². The number of benzene rings is 1. The lowest BCUT2D eigenvalue weighted by atomic mass is 10.2. The van der Waals surface area contributed by atoms with Crippen molar-refractivity contribution in [1.29, 1.82) is 0 Å². The van der Waals surface area contributed by atoms with Gasteiger partial charge in [0.15, 0.2) is 0 Å². The molecule has 1 aromatic carbocycles. The molecule has 1 aromatic heterocycles. The third kappa shape index (κ3) is 2.53. The van der Waals surface area contributed by atoms with Crippen molar-refractivity contribution in [2.24, 2.45) is 0 Å². The van der Waals surface area contributed by atoms with Crippen LogP contribution >= 0.6 is 15.9 Å². The summed E-state index contributed by atoms with van der Waals surface area (Å²) in [5.41, 5.74) is 1.06. The van der Waals surface area contributed by atoms with Crippen molar-refractivity contribution in [3.63, 3.8) is 0 Å². The van der Waals surface area contributed by atoms with Crippen LogP contribution in [0.25, 0.3) is 0 Å². The molecule has 76 valence electrons. The summed E-state index contributed by atoms with van der Waals surface area (Å²) in [5, 5.41) is 0. The number of hydrogen-bond acceptors (Lipinski definition) is 3. The maximum absolute atomic E-state index is 5.52. The molecule has 0 fully saturated rings. The highest BCUT2D eigenvalue weighted by Gasteiger charge is 2.01. The van der Waals surface area contributed by atoms with Crippen LogP contribution in [0, 0.1) is 6.92 Å². The van der Waals surface area contributed by atoms with E-state index in [2.05, 4.69) is 25.9 Å². The second-order valence-electron chi connectivity index (χ2n) is 3.05. The Morgan fingerprint density at radius 1 is 1.13 bits per heavy atom. The molecule has 0 saturated carbocycles. The molecule has 0 bridgehead atoms. The van der Waals surface area contributed by atoms with E-state index >= 15 is 0 Å². The Morgan fingerprint density at radius 3 is 2.47 bits per heavy atom. The van der Waals surface area contributed by atoms with Gasteiger partial charge in [-0.05, 0) is 34.5 Å². The first-order valence-corrected chi connectivity index (χ1v) is 5.26. The van der Waals surface area contributed by atoms with Crippen LogP contribution < -0.4 is 4.74 Å². The van der Waals surface area contributed by atoms with E-state index in [0.717, 1.165) is 15.8 Å². The average Bonchev–Trinajstić information content (AvgIpc) is 2.25. The van der Waals surface area contributed by atoms with Gasteiger partial charge in [0.1, 0.15) is 5.75 Å². The van der Waals surface area contributed by atoms with E-state index in [1.807, 2.05) is 31.2 Å². The van der Waals surface area contributed by atoms with Gasteiger partial charge < -0.3 is 4.74 Å². The van der Waals surface area contributed by atoms with Crippen molar-refractivity contribution in [1.82, 2.24) is 9.97 Å². The third-order valence-corrected chi connectivity index (χ3v) is 2.30. The van der Waals surface area contributed by atoms with E-state index in [0.29, 0.717) is 6.01 Å². The van der Waals surface area contributed by atoms with E-state index in [4.69, 9.17) is 4.74 Å². The van der Waals surface area contributed by atoms with Crippen molar-refractivity contribution >= 4 is 15.9 Å². The predicted octanol–water partition coefficient (Wildman–Crippen LogP) is 3.34. The maximum Gasteiger partial charge on any atom is 0.321 e. The highest BCUT2D eigenvalue weighted by molar-refractivity contribution is 9.10. The first-order valence-electron chi connectivity index (χ1n) is 4.47. The number of aryl methyl sites for hydroxylation is 1. The summed E-state index contributed by atoms with van der Waals surface area (Å²) in [5.74, 6) is 0.778. The van der Waals surface area contributed by atoms with Crippen molar-refractivity contribution < 1.29 is 4.74 Å². The maximum atomic E-state index is 5.52. The smallest absolute Gasteiger partial charge is 0.321 e. The molecule has 0 N–H and O–H groups in total. The summed E-state index contributed by atoms with van der Waals surface area (Å²) in [6.07, 6.45) is 3.31. The van der Waals surface area contributed by atoms with Gasteiger partial charge in [0, 0.05) is 12.4 Å². The van der Waals surface area contributed by atoms with Crippen LogP contribution in [0.15, 0.2) is 41.1 Å². The predicted molar refractivity (Wildman–Crippen MR) is 61.0 cm³/mol. The van der Waals surface area contributed by atoms with Crippen LogP contribution in [-0.4, -0.2) is 9.97 Å². The molecule has 0 radical (unpaired) electrons. The molecule has 0 saturated heterocycles. The Morgan fingerprint density at radius 2 is 1.80 bits per heavy atom. The first-order chi connectivity index (χ1) is 7.25. The number of halogens is 1. The van der Waals surface area contributed by atoms with E-state index in [1.165, 1.54) is 0 Å². The molecule has 0 spiro atoms. The van der Waals surface area contributed by atoms with Gasteiger partial charge in [-0.15, -0.1) is 0 Å². The molecule has 1 heterocycles. The van der Waals surface area contributed by atoms with E-state index in [1.54, 1.807) is 12.4 Å². The Hall–Kier alpha value is -1.42. The molecule has 4 heteroatoms. The van der Waals surface area contributed by atoms with E-state index < -0.39 is 0 Å². The minimum absolute atomic E-state index is 0.354.